The van der Waals surface area contributed by atoms with Gasteiger partial charge in [-0.05, 0) is 24.6 Å². The molecule has 1 aromatic carbocycles. The van der Waals surface area contributed by atoms with Gasteiger partial charge in [0, 0.05) is 35.8 Å². The first-order valence-electron chi connectivity index (χ1n) is 8.19. The van der Waals surface area contributed by atoms with Gasteiger partial charge in [0.15, 0.2) is 5.78 Å². The molecule has 28 heavy (non-hydrogen) atoms. The molecular formula is C19H15F3N4O2. The number of aliphatic imine (C=N–C) groups is 1. The number of Topliss-reactive ketones (excluding diaryl/α,β-unsaturated/α-hetero) is 1. The van der Waals surface area contributed by atoms with Crippen LogP contribution in [-0.4, -0.2) is 28.9 Å². The number of hydrogen-bond acceptors (Lipinski definition) is 5. The molecule has 0 fully saturated rings. The van der Waals surface area contributed by atoms with Crippen LogP contribution in [0.15, 0.2) is 47.7 Å². The third kappa shape index (κ3) is 3.78. The van der Waals surface area contributed by atoms with Crippen LogP contribution in [0.1, 0.15) is 28.4 Å². The fourth-order valence-electron chi connectivity index (χ4n) is 2.75. The topological polar surface area (TPSA) is 97.4 Å². The van der Waals surface area contributed by atoms with E-state index in [0.29, 0.717) is 16.7 Å². The van der Waals surface area contributed by atoms with E-state index in [0.717, 1.165) is 18.2 Å². The monoisotopic (exact) mass is 388 g/mol. The van der Waals surface area contributed by atoms with Crippen molar-refractivity contribution >= 4 is 23.7 Å². The van der Waals surface area contributed by atoms with Crippen molar-refractivity contribution in [2.45, 2.75) is 19.1 Å². The van der Waals surface area contributed by atoms with Gasteiger partial charge in [-0.2, -0.15) is 13.2 Å². The Morgan fingerprint density at radius 2 is 1.93 bits per heavy atom. The fraction of sp³-hybridized carbons (Fsp3) is 0.158. The molecule has 2 heterocycles. The molecule has 6 nitrogen and oxygen atoms in total. The van der Waals surface area contributed by atoms with E-state index in [-0.39, 0.29) is 17.2 Å². The van der Waals surface area contributed by atoms with Gasteiger partial charge in [-0.15, -0.1) is 0 Å². The lowest BCUT2D eigenvalue weighted by Crippen LogP contribution is -2.24. The first-order valence-corrected chi connectivity index (χ1v) is 8.19. The zero-order valence-electron chi connectivity index (χ0n) is 14.6. The number of pyridine rings is 1. The van der Waals surface area contributed by atoms with E-state index in [9.17, 15) is 22.8 Å². The number of halogens is 3. The molecule has 2 aromatic rings. The summed E-state index contributed by atoms with van der Waals surface area (Å²) in [6.45, 7) is 1.62. The average molecular weight is 388 g/mol. The molecule has 3 rings (SSSR count). The second-order valence-corrected chi connectivity index (χ2v) is 6.08. The fourth-order valence-corrected chi connectivity index (χ4v) is 2.75. The number of hydrogen-bond donors (Lipinski definition) is 2. The predicted octanol–water partition coefficient (Wildman–Crippen LogP) is 3.18. The second kappa shape index (κ2) is 7.26. The highest BCUT2D eigenvalue weighted by atomic mass is 19.4. The molecule has 144 valence electrons. The first kappa shape index (κ1) is 19.3. The highest BCUT2D eigenvalue weighted by Crippen LogP contribution is 2.34. The molecule has 1 atom stereocenters. The van der Waals surface area contributed by atoms with Crippen molar-refractivity contribution in [1.29, 1.82) is 0 Å². The Hall–Kier alpha value is -3.49. The van der Waals surface area contributed by atoms with Crippen molar-refractivity contribution in [3.05, 3.63) is 59.4 Å². The van der Waals surface area contributed by atoms with Crippen molar-refractivity contribution in [2.75, 3.05) is 5.32 Å². The number of carbonyl (C=O) groups excluding carboxylic acids is 2. The van der Waals surface area contributed by atoms with Gasteiger partial charge in [0.25, 0.3) is 0 Å². The standard InChI is InChI=1S/C19H15F3N4O2/c1-10-17(28)16-14(9-25-10)13(8-26-18(16)24-7-6-15(23)27)11-2-4-12(5-3-11)19(20,21)22/h2-10H,1H3,(H2,23,27)(H,24,26). The lowest BCUT2D eigenvalue weighted by molar-refractivity contribution is -0.137. The zero-order chi connectivity index (χ0) is 20.5. The number of anilines is 1. The lowest BCUT2D eigenvalue weighted by Gasteiger charge is -2.20. The number of carbonyl (C=O) groups is 2. The molecule has 1 aromatic heterocycles. The number of rotatable bonds is 4. The summed E-state index contributed by atoms with van der Waals surface area (Å²) >= 11 is 0. The normalized spacial score (nSPS) is 16.3. The summed E-state index contributed by atoms with van der Waals surface area (Å²) in [7, 11) is 0. The second-order valence-electron chi connectivity index (χ2n) is 6.08. The third-order valence-corrected chi connectivity index (χ3v) is 4.16. The number of aromatic nitrogens is 1. The highest BCUT2D eigenvalue weighted by molar-refractivity contribution is 6.15. The number of nitrogens with two attached hydrogens (primary N) is 1. The van der Waals surface area contributed by atoms with E-state index in [1.807, 2.05) is 0 Å². The molecule has 1 unspecified atom stereocenters. The molecule has 0 spiro atoms. The summed E-state index contributed by atoms with van der Waals surface area (Å²) in [5.74, 6) is -0.774. The van der Waals surface area contributed by atoms with Crippen molar-refractivity contribution in [3.63, 3.8) is 0 Å². The van der Waals surface area contributed by atoms with Crippen LogP contribution in [0.5, 0.6) is 0 Å². The Kier molecular flexibility index (Phi) is 5.00. The smallest absolute Gasteiger partial charge is 0.366 e. The van der Waals surface area contributed by atoms with E-state index in [2.05, 4.69) is 15.3 Å². The van der Waals surface area contributed by atoms with Crippen LogP contribution < -0.4 is 11.1 Å². The number of fused-ring (bicyclic) bond motifs is 1. The molecule has 0 aliphatic carbocycles. The molecule has 0 saturated carbocycles. The predicted molar refractivity (Wildman–Crippen MR) is 98.0 cm³/mol. The molecule has 3 N–H and O–H groups in total. The maximum atomic E-state index is 12.8. The first-order chi connectivity index (χ1) is 13.2. The summed E-state index contributed by atoms with van der Waals surface area (Å²) < 4.78 is 38.4. The molecule has 9 heteroatoms. The zero-order valence-corrected chi connectivity index (χ0v) is 14.6. The van der Waals surface area contributed by atoms with Crippen LogP contribution in [0.25, 0.3) is 11.1 Å². The lowest BCUT2D eigenvalue weighted by atomic mass is 9.91. The van der Waals surface area contributed by atoms with E-state index in [1.165, 1.54) is 30.7 Å². The minimum absolute atomic E-state index is 0.200. The number of nitrogens with one attached hydrogen (secondary N) is 1. The Morgan fingerprint density at radius 3 is 2.54 bits per heavy atom. The van der Waals surface area contributed by atoms with Gasteiger partial charge in [0.1, 0.15) is 11.9 Å². The maximum Gasteiger partial charge on any atom is 0.416 e. The maximum absolute atomic E-state index is 12.8. The number of amides is 1. The molecular weight excluding hydrogens is 373 g/mol. The average Bonchev–Trinajstić information content (AvgIpc) is 2.64. The highest BCUT2D eigenvalue weighted by Gasteiger charge is 2.31. The number of ketones is 1. The van der Waals surface area contributed by atoms with Gasteiger partial charge in [0.2, 0.25) is 5.91 Å². The van der Waals surface area contributed by atoms with Crippen LogP contribution in [-0.2, 0) is 11.0 Å². The van der Waals surface area contributed by atoms with Crippen molar-refractivity contribution < 1.29 is 22.8 Å². The molecule has 0 saturated heterocycles. The van der Waals surface area contributed by atoms with Crippen LogP contribution >= 0.6 is 0 Å². The number of nitrogens with zero attached hydrogens (tertiary/aromatic N) is 2. The van der Waals surface area contributed by atoms with Crippen LogP contribution in [0, 0.1) is 0 Å². The molecule has 1 amide bonds. The number of benzene rings is 1. The van der Waals surface area contributed by atoms with Crippen molar-refractivity contribution in [3.8, 4) is 11.1 Å². The van der Waals surface area contributed by atoms with Gasteiger partial charge < -0.3 is 11.1 Å². The third-order valence-electron chi connectivity index (χ3n) is 4.16. The number of primary amides is 1. The molecule has 0 radical (unpaired) electrons. The molecule has 1 aliphatic rings. The SMILES string of the molecule is CC1N=Cc2c(-c3ccc(C(F)(F)F)cc3)cnc(NC=CC(N)=O)c2C1=O. The van der Waals surface area contributed by atoms with Crippen LogP contribution in [0.4, 0.5) is 19.0 Å². The van der Waals surface area contributed by atoms with Gasteiger partial charge in [-0.1, -0.05) is 12.1 Å². The summed E-state index contributed by atoms with van der Waals surface area (Å²) in [5.41, 5.74) is 5.87. The molecule has 0 bridgehead atoms. The van der Waals surface area contributed by atoms with Gasteiger partial charge in [-0.25, -0.2) is 4.98 Å². The Bertz CT molecular complexity index is 995. The van der Waals surface area contributed by atoms with Gasteiger partial charge in [0.05, 0.1) is 11.1 Å². The summed E-state index contributed by atoms with van der Waals surface area (Å²) in [5, 5.41) is 2.74. The van der Waals surface area contributed by atoms with E-state index < -0.39 is 23.7 Å². The minimum Gasteiger partial charge on any atom is -0.366 e. The quantitative estimate of drug-likeness (QED) is 0.786. The van der Waals surface area contributed by atoms with Crippen LogP contribution in [0.3, 0.4) is 0 Å². The Balaban J connectivity index is 2.09. The summed E-state index contributed by atoms with van der Waals surface area (Å²) in [4.78, 5) is 31.8. The summed E-state index contributed by atoms with van der Waals surface area (Å²) in [6, 6.07) is 3.94. The number of alkyl halides is 3. The Labute approximate surface area is 158 Å². The largest absolute Gasteiger partial charge is 0.416 e. The minimum atomic E-state index is -4.44. The van der Waals surface area contributed by atoms with Crippen molar-refractivity contribution in [1.82, 2.24) is 4.98 Å². The van der Waals surface area contributed by atoms with E-state index in [4.69, 9.17) is 5.73 Å². The van der Waals surface area contributed by atoms with Gasteiger partial charge >= 0.3 is 6.18 Å². The Morgan fingerprint density at radius 1 is 1.25 bits per heavy atom. The van der Waals surface area contributed by atoms with Crippen molar-refractivity contribution in [2.24, 2.45) is 10.7 Å². The van der Waals surface area contributed by atoms with E-state index >= 15 is 0 Å². The van der Waals surface area contributed by atoms with Gasteiger partial charge in [-0.3, -0.25) is 14.6 Å². The van der Waals surface area contributed by atoms with Crippen LogP contribution in [0.2, 0.25) is 0 Å². The summed E-state index contributed by atoms with van der Waals surface area (Å²) in [6.07, 6.45) is 0.814. The molecule has 1 aliphatic heterocycles. The van der Waals surface area contributed by atoms with E-state index in [1.54, 1.807) is 6.92 Å².